The molecule has 0 atom stereocenters. The first kappa shape index (κ1) is 20.6. The van der Waals surface area contributed by atoms with Crippen molar-refractivity contribution >= 4 is 30.2 Å². The van der Waals surface area contributed by atoms with E-state index in [4.69, 9.17) is 0 Å². The molecule has 0 radical (unpaired) electrons. The molecule has 2 aliphatic carbocycles. The summed E-state index contributed by atoms with van der Waals surface area (Å²) in [6.45, 7) is 12.1. The van der Waals surface area contributed by atoms with Crippen molar-refractivity contribution in [2.45, 2.75) is 46.7 Å². The van der Waals surface area contributed by atoms with Gasteiger partial charge in [-0.15, -0.1) is 24.8 Å². The van der Waals surface area contributed by atoms with Crippen molar-refractivity contribution < 1.29 is 20.4 Å². The zero-order valence-corrected chi connectivity index (χ0v) is 18.2. The summed E-state index contributed by atoms with van der Waals surface area (Å²) < 4.78 is 3.70. The van der Waals surface area contributed by atoms with Gasteiger partial charge in [-0.05, 0) is 0 Å². The Morgan fingerprint density at radius 1 is 1.05 bits per heavy atom. The van der Waals surface area contributed by atoms with Gasteiger partial charge in [0.05, 0.1) is 0 Å². The monoisotopic (exact) mass is 406 g/mol. The van der Waals surface area contributed by atoms with Gasteiger partial charge in [0, 0.05) is 0 Å². The Morgan fingerprint density at radius 3 is 2.10 bits per heavy atom. The van der Waals surface area contributed by atoms with Gasteiger partial charge < -0.3 is 0 Å². The fraction of sp³-hybridized carbons (Fsp3) is 0.500. The van der Waals surface area contributed by atoms with Gasteiger partial charge in [0.1, 0.15) is 0 Å². The summed E-state index contributed by atoms with van der Waals surface area (Å²) in [6.07, 6.45) is 14.6. The summed E-state index contributed by atoms with van der Waals surface area (Å²) in [6, 6.07) is 0. The molecule has 2 rings (SSSR count). The van der Waals surface area contributed by atoms with Gasteiger partial charge in [0.15, 0.2) is 0 Å². The summed E-state index contributed by atoms with van der Waals surface area (Å²) >= 11 is -1.46. The Morgan fingerprint density at radius 2 is 1.70 bits per heavy atom. The minimum Gasteiger partial charge on any atom is -0.147 e. The average molecular weight is 409 g/mol. The third-order valence-corrected chi connectivity index (χ3v) is 20.7. The molecule has 0 aliphatic heterocycles. The molecule has 0 aromatic carbocycles. The zero-order chi connectivity index (χ0) is 13.3. The van der Waals surface area contributed by atoms with Gasteiger partial charge in [-0.2, -0.15) is 0 Å². The topological polar surface area (TPSA) is 0 Å². The molecule has 0 bridgehead atoms. The fourth-order valence-electron chi connectivity index (χ4n) is 2.70. The first-order chi connectivity index (χ1) is 8.39. The Labute approximate surface area is 144 Å². The van der Waals surface area contributed by atoms with E-state index in [9.17, 15) is 0 Å². The molecule has 0 nitrogen and oxygen atoms in total. The molecule has 0 aromatic heterocycles. The Kier molecular flexibility index (Phi) is 8.59. The quantitative estimate of drug-likeness (QED) is 0.506. The largest absolute Gasteiger partial charge is 0.147 e. The predicted octanol–water partition coefficient (Wildman–Crippen LogP) is 5.80. The number of hydrogen-bond acceptors (Lipinski definition) is 0. The predicted molar refractivity (Wildman–Crippen MR) is 94.1 cm³/mol. The smallest absolute Gasteiger partial charge is 0.147 e. The van der Waals surface area contributed by atoms with Crippen molar-refractivity contribution in [3.8, 4) is 0 Å². The summed E-state index contributed by atoms with van der Waals surface area (Å²) in [5.41, 5.74) is 1.78. The van der Waals surface area contributed by atoms with E-state index < -0.39 is 20.4 Å². The second-order valence-electron chi connectivity index (χ2n) is 6.48. The molecule has 20 heavy (non-hydrogen) atoms. The summed E-state index contributed by atoms with van der Waals surface area (Å²) in [5, 5.41) is 0. The molecule has 0 amide bonds. The van der Waals surface area contributed by atoms with Crippen LogP contribution in [0.5, 0.6) is 0 Å². The van der Waals surface area contributed by atoms with Crippen molar-refractivity contribution in [1.29, 1.82) is 0 Å². The second-order valence-corrected chi connectivity index (χ2v) is 23.8. The molecule has 0 N–H and O–H groups in total. The van der Waals surface area contributed by atoms with E-state index in [-0.39, 0.29) is 30.2 Å². The maximum Gasteiger partial charge on any atom is -0.147 e. The third-order valence-electron chi connectivity index (χ3n) is 3.65. The minimum absolute atomic E-state index is 0. The normalized spacial score (nSPS) is 16.8. The van der Waals surface area contributed by atoms with Gasteiger partial charge >= 0.3 is 120 Å². The molecule has 2 aliphatic rings. The van der Waals surface area contributed by atoms with Crippen LogP contribution in [-0.4, -0.2) is 5.43 Å². The minimum atomic E-state index is -1.46. The van der Waals surface area contributed by atoms with Crippen molar-refractivity contribution in [3.63, 3.8) is 0 Å². The van der Waals surface area contributed by atoms with Crippen LogP contribution in [0, 0.1) is 5.41 Å². The third kappa shape index (κ3) is 4.83. The van der Waals surface area contributed by atoms with Crippen LogP contribution in [0.15, 0.2) is 42.5 Å². The van der Waals surface area contributed by atoms with Gasteiger partial charge in [0.2, 0.25) is 0 Å². The number of allylic oxidation sites excluding steroid dienone is 8. The van der Waals surface area contributed by atoms with Crippen LogP contribution in [0.2, 0.25) is 13.1 Å². The molecular weight excluding hydrogens is 382 g/mol. The molecule has 0 fully saturated rings. The van der Waals surface area contributed by atoms with Crippen LogP contribution in [-0.2, 0) is 20.4 Å². The Hall–Kier alpha value is 0.640. The number of hydrogen-bond donors (Lipinski definition) is 0. The molecule has 112 valence electrons. The molecule has 0 unspecified atom stereocenters. The van der Waals surface area contributed by atoms with Crippen molar-refractivity contribution in [1.82, 2.24) is 0 Å². The maximum atomic E-state index is 2.58. The molecule has 0 saturated carbocycles. The summed E-state index contributed by atoms with van der Waals surface area (Å²) in [7, 11) is 0. The fourth-order valence-corrected chi connectivity index (χ4v) is 19.5. The standard InChI is InChI=1S/C9H13.C5H5.C2H6Si.2ClH.Zr/c1-9(2,3)8-6-4-5-7-8;1-2-4-5-3-1;1-3-2;;;/h6-7H,4H2,1-3H3;1-3H,4H2;1-2H3;2*1H;. The van der Waals surface area contributed by atoms with Gasteiger partial charge in [0.25, 0.3) is 0 Å². The Balaban J connectivity index is 0.00000180. The van der Waals surface area contributed by atoms with Crippen molar-refractivity contribution in [2.24, 2.45) is 5.41 Å². The van der Waals surface area contributed by atoms with E-state index in [1.807, 2.05) is 6.56 Å². The summed E-state index contributed by atoms with van der Waals surface area (Å²) in [4.78, 5) is 0. The molecule has 0 aromatic rings. The maximum absolute atomic E-state index is 2.58. The van der Waals surface area contributed by atoms with Crippen LogP contribution in [0.3, 0.4) is 0 Å². The Bertz CT molecular complexity index is 513. The van der Waals surface area contributed by atoms with Gasteiger partial charge in [-0.1, -0.05) is 0 Å². The van der Waals surface area contributed by atoms with Crippen molar-refractivity contribution in [2.75, 3.05) is 0 Å². The van der Waals surface area contributed by atoms with Crippen LogP contribution in [0.4, 0.5) is 0 Å². The molecular formula is C16H26Cl2SiZr. The van der Waals surface area contributed by atoms with Crippen LogP contribution in [0.1, 0.15) is 33.6 Å². The van der Waals surface area contributed by atoms with Crippen molar-refractivity contribution in [3.05, 3.63) is 42.5 Å². The van der Waals surface area contributed by atoms with E-state index >= 15 is 0 Å². The van der Waals surface area contributed by atoms with Gasteiger partial charge in [-0.3, -0.25) is 0 Å². The van der Waals surface area contributed by atoms with E-state index in [0.717, 1.165) is 0 Å². The molecule has 0 heterocycles. The summed E-state index contributed by atoms with van der Waals surface area (Å²) in [5.74, 6) is 0. The zero-order valence-electron chi connectivity index (χ0n) is 13.1. The number of halogens is 2. The van der Waals surface area contributed by atoms with Crippen LogP contribution < -0.4 is 0 Å². The van der Waals surface area contributed by atoms with Gasteiger partial charge in [-0.25, -0.2) is 0 Å². The molecule has 0 spiro atoms. The molecule has 4 heteroatoms. The van der Waals surface area contributed by atoms with E-state index in [2.05, 4.69) is 64.2 Å². The van der Waals surface area contributed by atoms with Crippen LogP contribution in [0.25, 0.3) is 0 Å². The van der Waals surface area contributed by atoms with E-state index in [1.165, 1.54) is 12.8 Å². The first-order valence-electron chi connectivity index (χ1n) is 6.84. The number of rotatable bonds is 2. The SMILES string of the molecule is C[Si](C)=[Zr]([C]1=CC=CC1)[C]1=CC(C(C)(C)C)=CC1.Cl.Cl. The molecule has 0 saturated heterocycles. The van der Waals surface area contributed by atoms with Crippen LogP contribution >= 0.6 is 24.8 Å². The second kappa shape index (κ2) is 8.32. The first-order valence-corrected chi connectivity index (χ1v) is 15.5. The average Bonchev–Trinajstić information content (AvgIpc) is 2.86. The van der Waals surface area contributed by atoms with E-state index in [0.29, 0.717) is 5.41 Å². The van der Waals surface area contributed by atoms with E-state index in [1.54, 1.807) is 5.57 Å².